The van der Waals surface area contributed by atoms with E-state index in [1.807, 2.05) is 0 Å². The molecule has 1 aliphatic carbocycles. The van der Waals surface area contributed by atoms with Gasteiger partial charge in [-0.3, -0.25) is 4.79 Å². The lowest BCUT2D eigenvalue weighted by Crippen LogP contribution is -2.37. The quantitative estimate of drug-likeness (QED) is 0.818. The van der Waals surface area contributed by atoms with Crippen LogP contribution in [0.5, 0.6) is 0 Å². The molecule has 1 fully saturated rings. The van der Waals surface area contributed by atoms with Crippen LogP contribution >= 0.6 is 0 Å². The second-order valence-electron chi connectivity index (χ2n) is 5.60. The van der Waals surface area contributed by atoms with Crippen molar-refractivity contribution in [3.05, 3.63) is 41.5 Å². The van der Waals surface area contributed by atoms with Crippen molar-refractivity contribution in [2.24, 2.45) is 5.92 Å². The highest BCUT2D eigenvalue weighted by atomic mass is 16.4. The maximum Gasteiger partial charge on any atom is 0.328 e. The van der Waals surface area contributed by atoms with Crippen molar-refractivity contribution in [2.75, 3.05) is 0 Å². The van der Waals surface area contributed by atoms with Gasteiger partial charge in [-0.2, -0.15) is 0 Å². The monoisotopic (exact) mass is 287 g/mol. The summed E-state index contributed by atoms with van der Waals surface area (Å²) in [5, 5.41) is 11.6. The molecule has 1 aromatic carbocycles. The van der Waals surface area contributed by atoms with E-state index < -0.39 is 5.97 Å². The molecule has 21 heavy (non-hydrogen) atoms. The first-order valence-corrected chi connectivity index (χ1v) is 7.38. The Balaban J connectivity index is 1.94. The van der Waals surface area contributed by atoms with E-state index in [4.69, 9.17) is 5.11 Å². The number of carbonyl (C=O) groups excluding carboxylic acids is 1. The van der Waals surface area contributed by atoms with Gasteiger partial charge >= 0.3 is 5.97 Å². The van der Waals surface area contributed by atoms with Crippen LogP contribution in [0.3, 0.4) is 0 Å². The SMILES string of the molecule is CC(NC(=O)c1ccc(C=CC(=O)O)cc1)C1CCCC1. The molecule has 0 heterocycles. The summed E-state index contributed by atoms with van der Waals surface area (Å²) < 4.78 is 0. The highest BCUT2D eigenvalue weighted by molar-refractivity contribution is 5.94. The van der Waals surface area contributed by atoms with Gasteiger partial charge in [0.2, 0.25) is 0 Å². The van der Waals surface area contributed by atoms with Crippen LogP contribution in [-0.2, 0) is 4.79 Å². The first-order valence-electron chi connectivity index (χ1n) is 7.38. The van der Waals surface area contributed by atoms with Gasteiger partial charge in [-0.1, -0.05) is 25.0 Å². The topological polar surface area (TPSA) is 66.4 Å². The number of benzene rings is 1. The summed E-state index contributed by atoms with van der Waals surface area (Å²) in [5.41, 5.74) is 1.37. The molecule has 4 heteroatoms. The van der Waals surface area contributed by atoms with Crippen LogP contribution in [0.2, 0.25) is 0 Å². The smallest absolute Gasteiger partial charge is 0.328 e. The van der Waals surface area contributed by atoms with Crippen molar-refractivity contribution in [3.8, 4) is 0 Å². The van der Waals surface area contributed by atoms with Crippen LogP contribution in [-0.4, -0.2) is 23.0 Å². The maximum atomic E-state index is 12.2. The van der Waals surface area contributed by atoms with E-state index >= 15 is 0 Å². The zero-order chi connectivity index (χ0) is 15.2. The van der Waals surface area contributed by atoms with Crippen molar-refractivity contribution in [1.29, 1.82) is 0 Å². The Labute approximate surface area is 124 Å². The van der Waals surface area contributed by atoms with Gasteiger partial charge in [-0.25, -0.2) is 4.79 Å². The molecule has 112 valence electrons. The first kappa shape index (κ1) is 15.3. The highest BCUT2D eigenvalue weighted by Crippen LogP contribution is 2.27. The average Bonchev–Trinajstić information content (AvgIpc) is 3.00. The molecular weight excluding hydrogens is 266 g/mol. The molecule has 0 aliphatic heterocycles. The molecule has 1 unspecified atom stereocenters. The third kappa shape index (κ3) is 4.45. The van der Waals surface area contributed by atoms with Crippen molar-refractivity contribution in [2.45, 2.75) is 38.6 Å². The average molecular weight is 287 g/mol. The number of hydrogen-bond donors (Lipinski definition) is 2. The molecule has 2 N–H and O–H groups in total. The van der Waals surface area contributed by atoms with Gasteiger partial charge < -0.3 is 10.4 Å². The Morgan fingerprint density at radius 3 is 2.43 bits per heavy atom. The summed E-state index contributed by atoms with van der Waals surface area (Å²) in [6.07, 6.45) is 7.49. The summed E-state index contributed by atoms with van der Waals surface area (Å²) >= 11 is 0. The van der Waals surface area contributed by atoms with Gasteiger partial charge in [0.15, 0.2) is 0 Å². The Bertz CT molecular complexity index is 527. The number of aliphatic carboxylic acids is 1. The number of rotatable bonds is 5. The molecular formula is C17H21NO3. The lowest BCUT2D eigenvalue weighted by atomic mass is 9.99. The lowest BCUT2D eigenvalue weighted by Gasteiger charge is -2.20. The van der Waals surface area contributed by atoms with Gasteiger partial charge in [0.05, 0.1) is 0 Å². The number of nitrogens with one attached hydrogen (secondary N) is 1. The standard InChI is InChI=1S/C17H21NO3/c1-12(14-4-2-3-5-14)18-17(21)15-9-6-13(7-10-15)8-11-16(19)20/h6-12,14H,2-5H2,1H3,(H,18,21)(H,19,20). The van der Waals surface area contributed by atoms with E-state index in [9.17, 15) is 9.59 Å². The number of carboxylic acid groups (broad SMARTS) is 1. The molecule has 1 aliphatic rings. The first-order chi connectivity index (χ1) is 10.1. The second kappa shape index (κ2) is 7.07. The van der Waals surface area contributed by atoms with Crippen LogP contribution in [0, 0.1) is 5.92 Å². The molecule has 1 amide bonds. The Hall–Kier alpha value is -2.10. The van der Waals surface area contributed by atoms with Gasteiger partial charge in [0, 0.05) is 17.7 Å². The molecule has 1 atom stereocenters. The molecule has 0 saturated heterocycles. The predicted molar refractivity (Wildman–Crippen MR) is 82.0 cm³/mol. The molecule has 2 rings (SSSR count). The van der Waals surface area contributed by atoms with Crippen molar-refractivity contribution in [1.82, 2.24) is 5.32 Å². The minimum atomic E-state index is -0.984. The van der Waals surface area contributed by atoms with E-state index in [0.717, 1.165) is 11.6 Å². The molecule has 0 radical (unpaired) electrons. The van der Waals surface area contributed by atoms with Crippen molar-refractivity contribution >= 4 is 18.0 Å². The Kier molecular flexibility index (Phi) is 5.14. The minimum absolute atomic E-state index is 0.0665. The summed E-state index contributed by atoms with van der Waals surface area (Å²) in [7, 11) is 0. The van der Waals surface area contributed by atoms with Crippen LogP contribution in [0.4, 0.5) is 0 Å². The van der Waals surface area contributed by atoms with E-state index in [-0.39, 0.29) is 11.9 Å². The van der Waals surface area contributed by atoms with E-state index in [2.05, 4.69) is 12.2 Å². The van der Waals surface area contributed by atoms with Crippen LogP contribution < -0.4 is 5.32 Å². The molecule has 1 aromatic rings. The fourth-order valence-electron chi connectivity index (χ4n) is 2.78. The summed E-state index contributed by atoms with van der Waals surface area (Å²) in [4.78, 5) is 22.6. The number of hydrogen-bond acceptors (Lipinski definition) is 2. The fourth-order valence-corrected chi connectivity index (χ4v) is 2.78. The number of carbonyl (C=O) groups is 2. The zero-order valence-corrected chi connectivity index (χ0v) is 12.2. The molecule has 0 bridgehead atoms. The molecule has 1 saturated carbocycles. The highest BCUT2D eigenvalue weighted by Gasteiger charge is 2.22. The minimum Gasteiger partial charge on any atom is -0.478 e. The normalized spacial score (nSPS) is 17.0. The summed E-state index contributed by atoms with van der Waals surface area (Å²) in [5.74, 6) is -0.461. The summed E-state index contributed by atoms with van der Waals surface area (Å²) in [6, 6.07) is 7.13. The van der Waals surface area contributed by atoms with Gasteiger partial charge in [0.1, 0.15) is 0 Å². The number of carboxylic acids is 1. The van der Waals surface area contributed by atoms with Crippen molar-refractivity contribution in [3.63, 3.8) is 0 Å². The summed E-state index contributed by atoms with van der Waals surface area (Å²) in [6.45, 7) is 2.07. The molecule has 0 spiro atoms. The van der Waals surface area contributed by atoms with Gasteiger partial charge in [-0.15, -0.1) is 0 Å². The van der Waals surface area contributed by atoms with E-state index in [0.29, 0.717) is 11.5 Å². The lowest BCUT2D eigenvalue weighted by molar-refractivity contribution is -0.131. The largest absolute Gasteiger partial charge is 0.478 e. The third-order valence-corrected chi connectivity index (χ3v) is 4.06. The Morgan fingerprint density at radius 1 is 1.24 bits per heavy atom. The Morgan fingerprint density at radius 2 is 1.86 bits per heavy atom. The van der Waals surface area contributed by atoms with Crippen LogP contribution in [0.15, 0.2) is 30.3 Å². The van der Waals surface area contributed by atoms with E-state index in [1.165, 1.54) is 31.8 Å². The molecule has 0 aromatic heterocycles. The van der Waals surface area contributed by atoms with Crippen LogP contribution in [0.25, 0.3) is 6.08 Å². The zero-order valence-electron chi connectivity index (χ0n) is 12.2. The predicted octanol–water partition coefficient (Wildman–Crippen LogP) is 3.09. The van der Waals surface area contributed by atoms with E-state index in [1.54, 1.807) is 24.3 Å². The van der Waals surface area contributed by atoms with Crippen molar-refractivity contribution < 1.29 is 14.7 Å². The second-order valence-corrected chi connectivity index (χ2v) is 5.60. The third-order valence-electron chi connectivity index (χ3n) is 4.06. The fraction of sp³-hybridized carbons (Fsp3) is 0.412. The van der Waals surface area contributed by atoms with Crippen LogP contribution in [0.1, 0.15) is 48.5 Å². The van der Waals surface area contributed by atoms with Gasteiger partial charge in [-0.05, 0) is 49.5 Å². The van der Waals surface area contributed by atoms with Gasteiger partial charge in [0.25, 0.3) is 5.91 Å². The number of amides is 1. The maximum absolute atomic E-state index is 12.2. The molecule has 4 nitrogen and oxygen atoms in total.